The van der Waals surface area contributed by atoms with Crippen LogP contribution in [-0.4, -0.2) is 57.6 Å². The van der Waals surface area contributed by atoms with Gasteiger partial charge in [0.1, 0.15) is 24.4 Å². The molecule has 1 saturated heterocycles. The second kappa shape index (κ2) is 3.68. The smallest absolute Gasteiger partial charge is 0.115 e. The highest BCUT2D eigenvalue weighted by Gasteiger charge is 2.43. The van der Waals surface area contributed by atoms with Crippen LogP contribution in [0.25, 0.3) is 0 Å². The first-order valence-corrected chi connectivity index (χ1v) is 3.88. The van der Waals surface area contributed by atoms with Gasteiger partial charge in [0.15, 0.2) is 0 Å². The third-order valence-corrected chi connectivity index (χ3v) is 2.11. The van der Waals surface area contributed by atoms with E-state index in [4.69, 9.17) is 14.9 Å². The molecule has 4 N–H and O–H groups in total. The molecule has 0 aromatic heterocycles. The van der Waals surface area contributed by atoms with Gasteiger partial charge in [-0.15, -0.1) is 0 Å². The van der Waals surface area contributed by atoms with Crippen LogP contribution in [0.2, 0.25) is 0 Å². The van der Waals surface area contributed by atoms with E-state index in [1.54, 1.807) is 6.92 Å². The molecule has 1 fully saturated rings. The molecule has 12 heavy (non-hydrogen) atoms. The van der Waals surface area contributed by atoms with Crippen LogP contribution in [-0.2, 0) is 4.74 Å². The highest BCUT2D eigenvalue weighted by molar-refractivity contribution is 4.91. The Balaban J connectivity index is 2.58. The maximum absolute atomic E-state index is 9.28. The summed E-state index contributed by atoms with van der Waals surface area (Å²) in [7, 11) is 0. The van der Waals surface area contributed by atoms with E-state index in [1.807, 2.05) is 0 Å². The summed E-state index contributed by atoms with van der Waals surface area (Å²) in [6, 6.07) is 0. The van der Waals surface area contributed by atoms with Gasteiger partial charge in [-0.1, -0.05) is 0 Å². The molecule has 1 aliphatic rings. The van der Waals surface area contributed by atoms with Gasteiger partial charge in [-0.3, -0.25) is 0 Å². The number of hydrogen-bond donors (Lipinski definition) is 4. The van der Waals surface area contributed by atoms with Crippen LogP contribution < -0.4 is 0 Å². The van der Waals surface area contributed by atoms with Crippen molar-refractivity contribution in [2.24, 2.45) is 0 Å². The van der Waals surface area contributed by atoms with Crippen LogP contribution in [0, 0.1) is 0 Å². The minimum atomic E-state index is -1.14. The van der Waals surface area contributed by atoms with Crippen molar-refractivity contribution in [2.45, 2.75) is 37.4 Å². The van der Waals surface area contributed by atoms with Gasteiger partial charge in [0.05, 0.1) is 12.7 Å². The Morgan fingerprint density at radius 3 is 2.25 bits per heavy atom. The Bertz CT molecular complexity index is 151. The Morgan fingerprint density at radius 1 is 1.33 bits per heavy atom. The Labute approximate surface area is 70.2 Å². The van der Waals surface area contributed by atoms with Crippen molar-refractivity contribution in [1.29, 1.82) is 0 Å². The topological polar surface area (TPSA) is 90.2 Å². The maximum Gasteiger partial charge on any atom is 0.115 e. The number of rotatable bonds is 2. The van der Waals surface area contributed by atoms with E-state index in [-0.39, 0.29) is 0 Å². The molecule has 5 atom stereocenters. The average molecular weight is 178 g/mol. The first-order valence-electron chi connectivity index (χ1n) is 3.88. The fourth-order valence-corrected chi connectivity index (χ4v) is 1.30. The van der Waals surface area contributed by atoms with E-state index in [0.29, 0.717) is 0 Å². The van der Waals surface area contributed by atoms with Gasteiger partial charge >= 0.3 is 0 Å². The lowest BCUT2D eigenvalue weighted by molar-refractivity contribution is -0.0786. The fourth-order valence-electron chi connectivity index (χ4n) is 1.30. The zero-order valence-electron chi connectivity index (χ0n) is 6.79. The van der Waals surface area contributed by atoms with Crippen molar-refractivity contribution in [3.63, 3.8) is 0 Å². The van der Waals surface area contributed by atoms with Crippen molar-refractivity contribution in [1.82, 2.24) is 0 Å². The van der Waals surface area contributed by atoms with E-state index >= 15 is 0 Å². The second-order valence-electron chi connectivity index (χ2n) is 3.04. The van der Waals surface area contributed by atoms with E-state index in [2.05, 4.69) is 0 Å². The molecule has 0 bridgehead atoms. The summed E-state index contributed by atoms with van der Waals surface area (Å²) in [5.74, 6) is 0. The highest BCUT2D eigenvalue weighted by Crippen LogP contribution is 2.22. The number of ether oxygens (including phenoxy) is 1. The quantitative estimate of drug-likeness (QED) is 0.387. The average Bonchev–Trinajstić information content (AvgIpc) is 2.32. The molecule has 1 heterocycles. The van der Waals surface area contributed by atoms with Gasteiger partial charge in [-0.25, -0.2) is 0 Å². The van der Waals surface area contributed by atoms with Gasteiger partial charge in [0, 0.05) is 0 Å². The van der Waals surface area contributed by atoms with Crippen molar-refractivity contribution < 1.29 is 25.2 Å². The predicted octanol–water partition coefficient (Wildman–Crippen LogP) is -2.15. The molecule has 0 aromatic rings. The lowest BCUT2D eigenvalue weighted by atomic mass is 10.1. The summed E-state index contributed by atoms with van der Waals surface area (Å²) < 4.78 is 5.03. The van der Waals surface area contributed by atoms with Crippen molar-refractivity contribution in [2.75, 3.05) is 6.61 Å². The van der Waals surface area contributed by atoms with Crippen molar-refractivity contribution in [3.05, 3.63) is 0 Å². The first-order chi connectivity index (χ1) is 5.57. The third-order valence-electron chi connectivity index (χ3n) is 2.11. The number of hydrogen-bond acceptors (Lipinski definition) is 5. The number of aliphatic hydroxyl groups is 4. The second-order valence-corrected chi connectivity index (χ2v) is 3.04. The van der Waals surface area contributed by atoms with Gasteiger partial charge < -0.3 is 25.2 Å². The molecule has 0 aromatic carbocycles. The largest absolute Gasteiger partial charge is 0.394 e. The zero-order chi connectivity index (χ0) is 9.30. The first kappa shape index (κ1) is 9.88. The summed E-state index contributed by atoms with van der Waals surface area (Å²) in [6.07, 6.45) is -4.65. The molecule has 0 saturated carbocycles. The molecular weight excluding hydrogens is 164 g/mol. The van der Waals surface area contributed by atoms with Crippen LogP contribution in [0.4, 0.5) is 0 Å². The van der Waals surface area contributed by atoms with Crippen LogP contribution in [0.3, 0.4) is 0 Å². The Morgan fingerprint density at radius 2 is 1.92 bits per heavy atom. The molecule has 72 valence electrons. The Kier molecular flexibility index (Phi) is 3.03. The van der Waals surface area contributed by atoms with Crippen LogP contribution in [0.15, 0.2) is 0 Å². The lowest BCUT2D eigenvalue weighted by Crippen LogP contribution is -2.40. The van der Waals surface area contributed by atoms with Crippen LogP contribution in [0.1, 0.15) is 6.92 Å². The lowest BCUT2D eigenvalue weighted by Gasteiger charge is -2.18. The molecule has 0 amide bonds. The summed E-state index contributed by atoms with van der Waals surface area (Å²) in [5, 5.41) is 36.2. The third kappa shape index (κ3) is 1.60. The summed E-state index contributed by atoms with van der Waals surface area (Å²) in [4.78, 5) is 0. The summed E-state index contributed by atoms with van der Waals surface area (Å²) in [6.45, 7) is 1.11. The van der Waals surface area contributed by atoms with Gasteiger partial charge in [0.25, 0.3) is 0 Å². The fraction of sp³-hybridized carbons (Fsp3) is 1.00. The van der Waals surface area contributed by atoms with Gasteiger partial charge in [-0.05, 0) is 6.92 Å². The van der Waals surface area contributed by atoms with Crippen molar-refractivity contribution in [3.8, 4) is 0 Å². The molecule has 1 aliphatic heterocycles. The van der Waals surface area contributed by atoms with Gasteiger partial charge in [-0.2, -0.15) is 0 Å². The maximum atomic E-state index is 9.28. The monoisotopic (exact) mass is 178 g/mol. The molecule has 0 radical (unpaired) electrons. The van der Waals surface area contributed by atoms with Crippen molar-refractivity contribution >= 4 is 0 Å². The normalized spacial score (nSPS) is 44.8. The van der Waals surface area contributed by atoms with Gasteiger partial charge in [0.2, 0.25) is 0 Å². The predicted molar refractivity (Wildman–Crippen MR) is 39.4 cm³/mol. The molecule has 5 nitrogen and oxygen atoms in total. The minimum Gasteiger partial charge on any atom is -0.394 e. The van der Waals surface area contributed by atoms with E-state index in [9.17, 15) is 10.2 Å². The zero-order valence-corrected chi connectivity index (χ0v) is 6.79. The molecule has 0 aliphatic carbocycles. The highest BCUT2D eigenvalue weighted by atomic mass is 16.6. The summed E-state index contributed by atoms with van der Waals surface area (Å²) in [5.41, 5.74) is 0. The molecular formula is C7H14O5. The van der Waals surface area contributed by atoms with E-state index in [1.165, 1.54) is 0 Å². The van der Waals surface area contributed by atoms with Crippen LogP contribution >= 0.6 is 0 Å². The minimum absolute atomic E-state index is 0.485. The molecule has 0 spiro atoms. The molecule has 3 unspecified atom stereocenters. The number of aliphatic hydroxyl groups excluding tert-OH is 4. The van der Waals surface area contributed by atoms with E-state index < -0.39 is 37.1 Å². The SMILES string of the molecule is CC1O[C@@H](C(O)CO)[C@H](O)C1O. The molecule has 5 heteroatoms. The molecule has 1 rings (SSSR count). The standard InChI is InChI=1S/C7H14O5/c1-3-5(10)6(11)7(12-3)4(9)2-8/h3-11H,2H2,1H3/t3?,4?,5?,6-,7+/m1/s1. The van der Waals surface area contributed by atoms with E-state index in [0.717, 1.165) is 0 Å². The summed E-state index contributed by atoms with van der Waals surface area (Å²) >= 11 is 0. The Hall–Kier alpha value is -0.200. The van der Waals surface area contributed by atoms with Crippen LogP contribution in [0.5, 0.6) is 0 Å².